The van der Waals surface area contributed by atoms with Crippen molar-refractivity contribution < 1.29 is 19.4 Å². The van der Waals surface area contributed by atoms with Gasteiger partial charge in [0.1, 0.15) is 12.4 Å². The Bertz CT molecular complexity index is 529. The zero-order valence-electron chi connectivity index (χ0n) is 12.4. The Hall–Kier alpha value is -1.88. The van der Waals surface area contributed by atoms with Gasteiger partial charge in [-0.1, -0.05) is 19.1 Å². The lowest BCUT2D eigenvalue weighted by Crippen LogP contribution is -2.27. The summed E-state index contributed by atoms with van der Waals surface area (Å²) >= 11 is 0. The van der Waals surface area contributed by atoms with Gasteiger partial charge in [-0.05, 0) is 25.0 Å². The average Bonchev–Trinajstić information content (AvgIpc) is 2.80. The number of rotatable bonds is 6. The molecule has 0 bridgehead atoms. The maximum atomic E-state index is 11.5. The van der Waals surface area contributed by atoms with E-state index in [0.29, 0.717) is 31.0 Å². The first-order valence-electron chi connectivity index (χ1n) is 7.17. The normalized spacial score (nSPS) is 22.2. The van der Waals surface area contributed by atoms with Crippen molar-refractivity contribution in [3.05, 3.63) is 29.8 Å². The van der Waals surface area contributed by atoms with Crippen molar-refractivity contribution in [1.82, 2.24) is 4.90 Å². The van der Waals surface area contributed by atoms with Crippen LogP contribution in [-0.2, 0) is 4.79 Å². The van der Waals surface area contributed by atoms with Gasteiger partial charge < -0.3 is 9.84 Å². The molecule has 1 aliphatic rings. The first-order valence-corrected chi connectivity index (χ1v) is 7.17. The van der Waals surface area contributed by atoms with Crippen LogP contribution in [0.25, 0.3) is 0 Å². The molecule has 1 aromatic carbocycles. The Labute approximate surface area is 124 Å². The first kappa shape index (κ1) is 15.5. The summed E-state index contributed by atoms with van der Waals surface area (Å²) in [5.74, 6) is -0.298. The van der Waals surface area contributed by atoms with Crippen molar-refractivity contribution >= 4 is 11.8 Å². The van der Waals surface area contributed by atoms with Crippen LogP contribution in [0.4, 0.5) is 0 Å². The molecule has 0 radical (unpaired) electrons. The number of hydrogen-bond donors (Lipinski definition) is 1. The third-order valence-electron chi connectivity index (χ3n) is 3.94. The standard InChI is InChI=1S/C16H21NO4/c1-11-9-17(10-14(11)16(19)20)7-8-21-15-6-4-3-5-13(15)12(2)18/h3-6,11,14H,7-10H2,1-2H3,(H,19,20)/t11-,14-/m1/s1. The summed E-state index contributed by atoms with van der Waals surface area (Å²) in [6.07, 6.45) is 0. The molecule has 1 aromatic rings. The molecule has 0 unspecified atom stereocenters. The van der Waals surface area contributed by atoms with Crippen molar-refractivity contribution in [3.63, 3.8) is 0 Å². The number of carboxylic acids is 1. The van der Waals surface area contributed by atoms with Crippen LogP contribution in [0.1, 0.15) is 24.2 Å². The van der Waals surface area contributed by atoms with Crippen LogP contribution >= 0.6 is 0 Å². The van der Waals surface area contributed by atoms with Crippen molar-refractivity contribution in [2.24, 2.45) is 11.8 Å². The highest BCUT2D eigenvalue weighted by Gasteiger charge is 2.34. The third-order valence-corrected chi connectivity index (χ3v) is 3.94. The van der Waals surface area contributed by atoms with Gasteiger partial charge in [0, 0.05) is 19.6 Å². The molecule has 5 nitrogen and oxygen atoms in total. The van der Waals surface area contributed by atoms with Crippen molar-refractivity contribution in [1.29, 1.82) is 0 Å². The van der Waals surface area contributed by atoms with E-state index in [1.807, 2.05) is 19.1 Å². The summed E-state index contributed by atoms with van der Waals surface area (Å²) in [7, 11) is 0. The number of ketones is 1. The monoisotopic (exact) mass is 291 g/mol. The largest absolute Gasteiger partial charge is 0.491 e. The molecular formula is C16H21NO4. The number of carbonyl (C=O) groups excluding carboxylic acids is 1. The van der Waals surface area contributed by atoms with Crippen molar-refractivity contribution in [2.75, 3.05) is 26.2 Å². The number of Topliss-reactive ketones (excluding diaryl/α,β-unsaturated/α-hetero) is 1. The fraction of sp³-hybridized carbons (Fsp3) is 0.500. The van der Waals surface area contributed by atoms with Gasteiger partial charge in [-0.25, -0.2) is 0 Å². The van der Waals surface area contributed by atoms with E-state index in [1.54, 1.807) is 12.1 Å². The molecular weight excluding hydrogens is 270 g/mol. The summed E-state index contributed by atoms with van der Waals surface area (Å²) in [5.41, 5.74) is 0.579. The fourth-order valence-corrected chi connectivity index (χ4v) is 2.74. The quantitative estimate of drug-likeness (QED) is 0.811. The number of aliphatic carboxylic acids is 1. The molecule has 0 amide bonds. The van der Waals surface area contributed by atoms with E-state index in [-0.39, 0.29) is 17.6 Å². The van der Waals surface area contributed by atoms with Gasteiger partial charge in [-0.3, -0.25) is 14.5 Å². The van der Waals surface area contributed by atoms with E-state index in [4.69, 9.17) is 9.84 Å². The SMILES string of the molecule is CC(=O)c1ccccc1OCCN1C[C@@H](C)[C@H](C(=O)O)C1. The second kappa shape index (κ2) is 6.72. The van der Waals surface area contributed by atoms with Gasteiger partial charge >= 0.3 is 5.97 Å². The molecule has 0 aliphatic carbocycles. The van der Waals surface area contributed by atoms with Crippen LogP contribution < -0.4 is 4.74 Å². The minimum absolute atomic E-state index is 0.0219. The van der Waals surface area contributed by atoms with Gasteiger partial charge in [0.15, 0.2) is 5.78 Å². The second-order valence-corrected chi connectivity index (χ2v) is 5.58. The molecule has 1 heterocycles. The minimum Gasteiger partial charge on any atom is -0.491 e. The van der Waals surface area contributed by atoms with E-state index < -0.39 is 5.97 Å². The number of benzene rings is 1. The van der Waals surface area contributed by atoms with E-state index >= 15 is 0 Å². The molecule has 0 spiro atoms. The van der Waals surface area contributed by atoms with Crippen LogP contribution in [0.15, 0.2) is 24.3 Å². The lowest BCUT2D eigenvalue weighted by Gasteiger charge is -2.16. The summed E-state index contributed by atoms with van der Waals surface area (Å²) < 4.78 is 5.68. The molecule has 2 atom stereocenters. The number of ether oxygens (including phenoxy) is 1. The zero-order chi connectivity index (χ0) is 15.4. The summed E-state index contributed by atoms with van der Waals surface area (Å²) in [5, 5.41) is 9.11. The summed E-state index contributed by atoms with van der Waals surface area (Å²) in [6, 6.07) is 7.17. The number of para-hydroxylation sites is 1. The summed E-state index contributed by atoms with van der Waals surface area (Å²) in [4.78, 5) is 24.7. The summed E-state index contributed by atoms with van der Waals surface area (Å²) in [6.45, 7) is 5.93. The van der Waals surface area contributed by atoms with E-state index in [2.05, 4.69) is 4.90 Å². The molecule has 1 aliphatic heterocycles. The molecule has 2 rings (SSSR count). The fourth-order valence-electron chi connectivity index (χ4n) is 2.74. The minimum atomic E-state index is -0.729. The molecule has 1 N–H and O–H groups in total. The van der Waals surface area contributed by atoms with Gasteiger partial charge in [0.05, 0.1) is 11.5 Å². The third kappa shape index (κ3) is 3.82. The Morgan fingerprint density at radius 2 is 2.05 bits per heavy atom. The highest BCUT2D eigenvalue weighted by molar-refractivity contribution is 5.96. The molecule has 114 valence electrons. The molecule has 0 saturated carbocycles. The predicted molar refractivity (Wildman–Crippen MR) is 78.7 cm³/mol. The molecule has 1 fully saturated rings. The molecule has 21 heavy (non-hydrogen) atoms. The van der Waals surface area contributed by atoms with Crippen LogP contribution in [0.3, 0.4) is 0 Å². The maximum Gasteiger partial charge on any atom is 0.308 e. The van der Waals surface area contributed by atoms with E-state index in [9.17, 15) is 9.59 Å². The Morgan fingerprint density at radius 1 is 1.33 bits per heavy atom. The molecule has 1 saturated heterocycles. The van der Waals surface area contributed by atoms with Gasteiger partial charge in [-0.15, -0.1) is 0 Å². The van der Waals surface area contributed by atoms with Crippen LogP contribution in [0.2, 0.25) is 0 Å². The first-order chi connectivity index (χ1) is 9.99. The van der Waals surface area contributed by atoms with Gasteiger partial charge in [-0.2, -0.15) is 0 Å². The van der Waals surface area contributed by atoms with Crippen LogP contribution in [0.5, 0.6) is 5.75 Å². The Kier molecular flexibility index (Phi) is 4.96. The van der Waals surface area contributed by atoms with Crippen molar-refractivity contribution in [2.45, 2.75) is 13.8 Å². The lowest BCUT2D eigenvalue weighted by molar-refractivity contribution is -0.142. The zero-order valence-corrected chi connectivity index (χ0v) is 12.4. The molecule has 5 heteroatoms. The average molecular weight is 291 g/mol. The number of hydrogen-bond acceptors (Lipinski definition) is 4. The van der Waals surface area contributed by atoms with E-state index in [1.165, 1.54) is 6.92 Å². The maximum absolute atomic E-state index is 11.5. The number of carbonyl (C=O) groups is 2. The number of likely N-dealkylation sites (tertiary alicyclic amines) is 1. The van der Waals surface area contributed by atoms with Crippen molar-refractivity contribution in [3.8, 4) is 5.75 Å². The topological polar surface area (TPSA) is 66.8 Å². The van der Waals surface area contributed by atoms with Crippen LogP contribution in [0, 0.1) is 11.8 Å². The highest BCUT2D eigenvalue weighted by Crippen LogP contribution is 2.23. The Morgan fingerprint density at radius 3 is 2.67 bits per heavy atom. The predicted octanol–water partition coefficient (Wildman–Crippen LogP) is 1.92. The lowest BCUT2D eigenvalue weighted by atomic mass is 9.99. The van der Waals surface area contributed by atoms with Gasteiger partial charge in [0.2, 0.25) is 0 Å². The number of carboxylic acid groups (broad SMARTS) is 1. The number of nitrogens with zero attached hydrogens (tertiary/aromatic N) is 1. The van der Waals surface area contributed by atoms with E-state index in [0.717, 1.165) is 6.54 Å². The smallest absolute Gasteiger partial charge is 0.308 e. The van der Waals surface area contributed by atoms with Gasteiger partial charge in [0.25, 0.3) is 0 Å². The Balaban J connectivity index is 1.86. The highest BCUT2D eigenvalue weighted by atomic mass is 16.5. The second-order valence-electron chi connectivity index (χ2n) is 5.58. The van der Waals surface area contributed by atoms with Crippen LogP contribution in [-0.4, -0.2) is 48.0 Å². The molecule has 0 aromatic heterocycles.